The minimum Gasteiger partial charge on any atom is -0.450 e. The fourth-order valence-corrected chi connectivity index (χ4v) is 2.29. The Morgan fingerprint density at radius 3 is 2.73 bits per heavy atom. The summed E-state index contributed by atoms with van der Waals surface area (Å²) in [5.74, 6) is -1.08. The van der Waals surface area contributed by atoms with Crippen LogP contribution in [-0.4, -0.2) is 34.7 Å². The standard InChI is InChI=1S/C13H12N4O4S/c1-2-21-13(20)17-11(19)9-4-6-22-12(9)16-10(18)8-3-5-14-15-7-8/h3-7H,2H2,1H3,(H,16,18)(H,17,19,20). The largest absolute Gasteiger partial charge is 0.450 e. The Balaban J connectivity index is 2.08. The van der Waals surface area contributed by atoms with E-state index in [2.05, 4.69) is 25.6 Å². The third-order valence-electron chi connectivity index (χ3n) is 2.47. The first kappa shape index (κ1) is 15.6. The fraction of sp³-hybridized carbons (Fsp3) is 0.154. The molecule has 0 aliphatic carbocycles. The average Bonchev–Trinajstić information content (AvgIpc) is 2.96. The molecule has 0 fully saturated rings. The van der Waals surface area contributed by atoms with Gasteiger partial charge < -0.3 is 10.1 Å². The van der Waals surface area contributed by atoms with Crippen LogP contribution in [0.3, 0.4) is 0 Å². The van der Waals surface area contributed by atoms with E-state index in [4.69, 9.17) is 0 Å². The molecule has 0 aliphatic heterocycles. The SMILES string of the molecule is CCOC(=O)NC(=O)c1ccsc1NC(=O)c1ccnnc1. The molecule has 0 aromatic carbocycles. The number of alkyl carbamates (subject to hydrolysis) is 1. The van der Waals surface area contributed by atoms with Crippen LogP contribution >= 0.6 is 11.3 Å². The van der Waals surface area contributed by atoms with Gasteiger partial charge in [-0.2, -0.15) is 10.2 Å². The van der Waals surface area contributed by atoms with Crippen LogP contribution in [0.4, 0.5) is 9.80 Å². The first-order chi connectivity index (χ1) is 10.6. The number of anilines is 1. The maximum Gasteiger partial charge on any atom is 0.414 e. The molecule has 2 aromatic rings. The van der Waals surface area contributed by atoms with E-state index in [1.165, 1.54) is 24.5 Å². The van der Waals surface area contributed by atoms with Crippen molar-refractivity contribution in [1.82, 2.24) is 15.5 Å². The average molecular weight is 320 g/mol. The summed E-state index contributed by atoms with van der Waals surface area (Å²) >= 11 is 1.16. The molecule has 3 amide bonds. The summed E-state index contributed by atoms with van der Waals surface area (Å²) < 4.78 is 4.63. The van der Waals surface area contributed by atoms with Crippen molar-refractivity contribution < 1.29 is 19.1 Å². The predicted molar refractivity (Wildman–Crippen MR) is 78.8 cm³/mol. The number of hydrogen-bond donors (Lipinski definition) is 2. The van der Waals surface area contributed by atoms with Gasteiger partial charge in [-0.25, -0.2) is 4.79 Å². The number of amides is 3. The molecule has 22 heavy (non-hydrogen) atoms. The normalized spacial score (nSPS) is 9.86. The third-order valence-corrected chi connectivity index (χ3v) is 3.30. The number of aromatic nitrogens is 2. The summed E-state index contributed by atoms with van der Waals surface area (Å²) in [7, 11) is 0. The topological polar surface area (TPSA) is 110 Å². The highest BCUT2D eigenvalue weighted by atomic mass is 32.1. The lowest BCUT2D eigenvalue weighted by Gasteiger charge is -2.06. The molecule has 8 nitrogen and oxygen atoms in total. The van der Waals surface area contributed by atoms with Crippen LogP contribution in [0.2, 0.25) is 0 Å². The molecular formula is C13H12N4O4S. The van der Waals surface area contributed by atoms with Crippen LogP contribution in [0.5, 0.6) is 0 Å². The van der Waals surface area contributed by atoms with Gasteiger partial charge in [0.05, 0.1) is 30.1 Å². The second kappa shape index (κ2) is 7.27. The van der Waals surface area contributed by atoms with Crippen LogP contribution in [-0.2, 0) is 4.74 Å². The first-order valence-corrected chi connectivity index (χ1v) is 7.13. The van der Waals surface area contributed by atoms with Crippen molar-refractivity contribution in [3.8, 4) is 0 Å². The van der Waals surface area contributed by atoms with Gasteiger partial charge in [-0.1, -0.05) is 0 Å². The van der Waals surface area contributed by atoms with E-state index in [1.807, 2.05) is 0 Å². The molecule has 0 saturated carbocycles. The number of carbonyl (C=O) groups excluding carboxylic acids is 3. The molecule has 2 aromatic heterocycles. The van der Waals surface area contributed by atoms with Crippen molar-refractivity contribution in [3.05, 3.63) is 41.0 Å². The van der Waals surface area contributed by atoms with E-state index < -0.39 is 17.9 Å². The number of nitrogens with one attached hydrogen (secondary N) is 2. The van der Waals surface area contributed by atoms with Crippen molar-refractivity contribution in [2.75, 3.05) is 11.9 Å². The van der Waals surface area contributed by atoms with Gasteiger partial charge in [0.15, 0.2) is 0 Å². The van der Waals surface area contributed by atoms with Gasteiger partial charge in [-0.15, -0.1) is 11.3 Å². The molecule has 2 heterocycles. The lowest BCUT2D eigenvalue weighted by Crippen LogP contribution is -2.31. The second-order valence-electron chi connectivity index (χ2n) is 3.92. The monoisotopic (exact) mass is 320 g/mol. The van der Waals surface area contributed by atoms with Crippen molar-refractivity contribution in [2.45, 2.75) is 6.92 Å². The van der Waals surface area contributed by atoms with Gasteiger partial charge in [0.1, 0.15) is 5.00 Å². The molecule has 2 N–H and O–H groups in total. The van der Waals surface area contributed by atoms with Crippen molar-refractivity contribution in [2.24, 2.45) is 0 Å². The maximum absolute atomic E-state index is 12.0. The molecule has 0 aliphatic rings. The molecule has 0 bridgehead atoms. The number of thiophene rings is 1. The third kappa shape index (κ3) is 3.85. The highest BCUT2D eigenvalue weighted by Gasteiger charge is 2.18. The highest BCUT2D eigenvalue weighted by molar-refractivity contribution is 7.14. The highest BCUT2D eigenvalue weighted by Crippen LogP contribution is 2.23. The van der Waals surface area contributed by atoms with E-state index in [-0.39, 0.29) is 12.2 Å². The number of imide groups is 1. The Labute approximate surface area is 129 Å². The summed E-state index contributed by atoms with van der Waals surface area (Å²) in [6.07, 6.45) is 1.85. The van der Waals surface area contributed by atoms with Gasteiger partial charge in [0.2, 0.25) is 0 Å². The fourth-order valence-electron chi connectivity index (χ4n) is 1.51. The Kier molecular flexibility index (Phi) is 5.15. The minimum absolute atomic E-state index is 0.154. The Morgan fingerprint density at radius 2 is 2.05 bits per heavy atom. The van der Waals surface area contributed by atoms with Crippen LogP contribution in [0.1, 0.15) is 27.6 Å². The number of hydrogen-bond acceptors (Lipinski definition) is 7. The number of nitrogens with zero attached hydrogens (tertiary/aromatic N) is 2. The molecular weight excluding hydrogens is 308 g/mol. The smallest absolute Gasteiger partial charge is 0.414 e. The number of rotatable bonds is 4. The van der Waals surface area contributed by atoms with Gasteiger partial charge in [-0.05, 0) is 24.4 Å². The Hall–Kier alpha value is -2.81. The molecule has 0 atom stereocenters. The Morgan fingerprint density at radius 1 is 1.23 bits per heavy atom. The van der Waals surface area contributed by atoms with Crippen LogP contribution in [0.25, 0.3) is 0 Å². The van der Waals surface area contributed by atoms with E-state index in [0.29, 0.717) is 10.6 Å². The first-order valence-electron chi connectivity index (χ1n) is 6.25. The van der Waals surface area contributed by atoms with Gasteiger partial charge in [0, 0.05) is 0 Å². The molecule has 0 unspecified atom stereocenters. The molecule has 0 radical (unpaired) electrons. The molecule has 114 valence electrons. The Bertz CT molecular complexity index is 686. The van der Waals surface area contributed by atoms with Crippen molar-refractivity contribution in [3.63, 3.8) is 0 Å². The van der Waals surface area contributed by atoms with E-state index in [9.17, 15) is 14.4 Å². The summed E-state index contributed by atoms with van der Waals surface area (Å²) in [6, 6.07) is 2.99. The van der Waals surface area contributed by atoms with Crippen molar-refractivity contribution in [1.29, 1.82) is 0 Å². The zero-order chi connectivity index (χ0) is 15.9. The lowest BCUT2D eigenvalue weighted by atomic mass is 10.2. The van der Waals surface area contributed by atoms with E-state index >= 15 is 0 Å². The van der Waals surface area contributed by atoms with Crippen molar-refractivity contribution >= 4 is 34.2 Å². The molecule has 9 heteroatoms. The zero-order valence-electron chi connectivity index (χ0n) is 11.5. The summed E-state index contributed by atoms with van der Waals surface area (Å²) in [5.41, 5.74) is 0.480. The van der Waals surface area contributed by atoms with E-state index in [0.717, 1.165) is 11.3 Å². The summed E-state index contributed by atoms with van der Waals surface area (Å²) in [4.78, 5) is 35.2. The number of ether oxygens (including phenoxy) is 1. The van der Waals surface area contributed by atoms with Gasteiger partial charge in [-0.3, -0.25) is 14.9 Å². The predicted octanol–water partition coefficient (Wildman–Crippen LogP) is 1.68. The number of carbonyl (C=O) groups is 3. The van der Waals surface area contributed by atoms with Crippen LogP contribution in [0.15, 0.2) is 29.9 Å². The molecule has 0 saturated heterocycles. The molecule has 0 spiro atoms. The summed E-state index contributed by atoms with van der Waals surface area (Å²) in [5, 5.41) is 13.8. The zero-order valence-corrected chi connectivity index (χ0v) is 12.3. The van der Waals surface area contributed by atoms with Gasteiger partial charge >= 0.3 is 6.09 Å². The van der Waals surface area contributed by atoms with Crippen LogP contribution < -0.4 is 10.6 Å². The maximum atomic E-state index is 12.0. The second-order valence-corrected chi connectivity index (χ2v) is 4.84. The lowest BCUT2D eigenvalue weighted by molar-refractivity contribution is 0.0926. The van der Waals surface area contributed by atoms with E-state index in [1.54, 1.807) is 12.3 Å². The minimum atomic E-state index is -0.839. The van der Waals surface area contributed by atoms with Gasteiger partial charge in [0.25, 0.3) is 11.8 Å². The quantitative estimate of drug-likeness (QED) is 0.886. The summed E-state index contributed by atoms with van der Waals surface area (Å²) in [6.45, 7) is 1.78. The van der Waals surface area contributed by atoms with Crippen LogP contribution in [0, 0.1) is 0 Å². The molecule has 2 rings (SSSR count).